The van der Waals surface area contributed by atoms with Crippen molar-refractivity contribution in [2.45, 2.75) is 25.9 Å². The van der Waals surface area contributed by atoms with E-state index in [1.165, 1.54) is 0 Å². The van der Waals surface area contributed by atoms with Crippen LogP contribution in [0.3, 0.4) is 0 Å². The van der Waals surface area contributed by atoms with Crippen LogP contribution in [0.5, 0.6) is 0 Å². The van der Waals surface area contributed by atoms with Crippen LogP contribution in [0.15, 0.2) is 83.7 Å². The molecule has 1 aromatic carbocycles. The number of halogens is 1. The second-order valence-corrected chi connectivity index (χ2v) is 9.17. The lowest BCUT2D eigenvalue weighted by Crippen LogP contribution is -2.30. The zero-order chi connectivity index (χ0) is 22.2. The predicted octanol–water partition coefficient (Wildman–Crippen LogP) is 5.82. The maximum atomic E-state index is 5.85. The Kier molecular flexibility index (Phi) is 5.53. The van der Waals surface area contributed by atoms with Crippen LogP contribution < -0.4 is 10.2 Å². The molecule has 0 bridgehead atoms. The Bertz CT molecular complexity index is 1270. The van der Waals surface area contributed by atoms with Crippen LogP contribution in [0.25, 0.3) is 5.82 Å². The van der Waals surface area contributed by atoms with E-state index in [1.54, 1.807) is 0 Å². The Morgan fingerprint density at radius 2 is 1.88 bits per heavy atom. The maximum absolute atomic E-state index is 5.85. The summed E-state index contributed by atoms with van der Waals surface area (Å²) in [6, 6.07) is 20.4. The van der Waals surface area contributed by atoms with Crippen LogP contribution in [-0.2, 0) is 0 Å². The van der Waals surface area contributed by atoms with E-state index in [9.17, 15) is 0 Å². The SMILES string of the molecule is Cc1ccc(-n2cccc2C2C(c3ccccn3)NC(=S)N2c2ccc(Br)c(C)c2)nc1. The molecule has 0 saturated carbocycles. The number of nitrogens with one attached hydrogen (secondary N) is 1. The fraction of sp³-hybridized carbons (Fsp3) is 0.160. The first kappa shape index (κ1) is 20.8. The first-order valence-corrected chi connectivity index (χ1v) is 11.6. The van der Waals surface area contributed by atoms with Gasteiger partial charge in [0.15, 0.2) is 5.11 Å². The van der Waals surface area contributed by atoms with Crippen LogP contribution >= 0.6 is 28.1 Å². The quantitative estimate of drug-likeness (QED) is 0.355. The summed E-state index contributed by atoms with van der Waals surface area (Å²) < 4.78 is 3.21. The molecule has 0 radical (unpaired) electrons. The largest absolute Gasteiger partial charge is 0.351 e. The molecule has 3 aromatic heterocycles. The Hall–Kier alpha value is -3.03. The molecule has 5 nitrogen and oxygen atoms in total. The van der Waals surface area contributed by atoms with E-state index in [-0.39, 0.29) is 12.1 Å². The van der Waals surface area contributed by atoms with E-state index in [2.05, 4.69) is 90.2 Å². The molecular formula is C25H22BrN5S. The third kappa shape index (κ3) is 3.72. The topological polar surface area (TPSA) is 46.0 Å². The lowest BCUT2D eigenvalue weighted by atomic mass is 10.0. The van der Waals surface area contributed by atoms with E-state index in [4.69, 9.17) is 12.2 Å². The van der Waals surface area contributed by atoms with Crippen LogP contribution in [0.4, 0.5) is 5.69 Å². The molecule has 5 rings (SSSR count). The number of thiocarbonyl (C=S) groups is 1. The lowest BCUT2D eigenvalue weighted by Gasteiger charge is -2.29. The second-order valence-electron chi connectivity index (χ2n) is 7.93. The van der Waals surface area contributed by atoms with Crippen molar-refractivity contribution in [1.82, 2.24) is 19.9 Å². The minimum atomic E-state index is -0.105. The predicted molar refractivity (Wildman–Crippen MR) is 135 cm³/mol. The van der Waals surface area contributed by atoms with E-state index >= 15 is 0 Å². The summed E-state index contributed by atoms with van der Waals surface area (Å²) in [5.74, 6) is 0.875. The standard InChI is InChI=1S/C25H22BrN5S/c1-16-8-11-22(28-15-16)30-13-5-7-21(30)24-23(20-6-3-4-12-27-20)29-25(32)31(24)18-9-10-19(26)17(2)14-18/h3-15,23-24H,1-2H3,(H,29,32). The highest BCUT2D eigenvalue weighted by molar-refractivity contribution is 9.10. The summed E-state index contributed by atoms with van der Waals surface area (Å²) in [4.78, 5) is 11.5. The molecule has 2 atom stereocenters. The van der Waals surface area contributed by atoms with Crippen molar-refractivity contribution in [1.29, 1.82) is 0 Å². The minimum absolute atomic E-state index is 0.101. The monoisotopic (exact) mass is 503 g/mol. The number of hydrogen-bond acceptors (Lipinski definition) is 3. The van der Waals surface area contributed by atoms with Gasteiger partial charge in [-0.05, 0) is 85.7 Å². The maximum Gasteiger partial charge on any atom is 0.174 e. The van der Waals surface area contributed by atoms with Crippen molar-refractivity contribution >= 4 is 38.9 Å². The number of rotatable bonds is 4. The summed E-state index contributed by atoms with van der Waals surface area (Å²) in [5.41, 5.74) is 5.35. The van der Waals surface area contributed by atoms with E-state index < -0.39 is 0 Å². The van der Waals surface area contributed by atoms with Gasteiger partial charge in [-0.15, -0.1) is 0 Å². The normalized spacial score (nSPS) is 18.1. The Labute approximate surface area is 201 Å². The molecule has 0 amide bonds. The Morgan fingerprint density at radius 1 is 1.00 bits per heavy atom. The number of benzene rings is 1. The van der Waals surface area contributed by atoms with Gasteiger partial charge >= 0.3 is 0 Å². The summed E-state index contributed by atoms with van der Waals surface area (Å²) >= 11 is 9.47. The lowest BCUT2D eigenvalue weighted by molar-refractivity contribution is 0.548. The molecule has 4 heterocycles. The van der Waals surface area contributed by atoms with Crippen molar-refractivity contribution in [2.24, 2.45) is 0 Å². The van der Waals surface area contributed by atoms with Crippen LogP contribution in [0, 0.1) is 13.8 Å². The zero-order valence-electron chi connectivity index (χ0n) is 17.7. The highest BCUT2D eigenvalue weighted by Gasteiger charge is 2.42. The average molecular weight is 504 g/mol. The van der Waals surface area contributed by atoms with Gasteiger partial charge in [0.2, 0.25) is 0 Å². The molecule has 1 fully saturated rings. The van der Waals surface area contributed by atoms with E-state index in [0.29, 0.717) is 5.11 Å². The number of anilines is 1. The molecule has 1 N–H and O–H groups in total. The highest BCUT2D eigenvalue weighted by Crippen LogP contribution is 2.42. The zero-order valence-corrected chi connectivity index (χ0v) is 20.1. The van der Waals surface area contributed by atoms with E-state index in [1.807, 2.05) is 43.6 Å². The number of nitrogens with zero attached hydrogens (tertiary/aromatic N) is 4. The van der Waals surface area contributed by atoms with Crippen molar-refractivity contribution in [2.75, 3.05) is 4.90 Å². The van der Waals surface area contributed by atoms with Gasteiger partial charge in [-0.1, -0.05) is 28.1 Å². The first-order chi connectivity index (χ1) is 15.5. The van der Waals surface area contributed by atoms with Crippen LogP contribution in [-0.4, -0.2) is 19.6 Å². The van der Waals surface area contributed by atoms with Crippen molar-refractivity contribution in [3.8, 4) is 5.82 Å². The molecule has 1 aliphatic heterocycles. The van der Waals surface area contributed by atoms with Gasteiger partial charge in [-0.2, -0.15) is 0 Å². The molecular weight excluding hydrogens is 482 g/mol. The fourth-order valence-corrected chi connectivity index (χ4v) is 4.75. The Balaban J connectivity index is 1.67. The third-order valence-electron chi connectivity index (χ3n) is 5.74. The molecule has 1 saturated heterocycles. The summed E-state index contributed by atoms with van der Waals surface area (Å²) in [6.45, 7) is 4.13. The number of hydrogen-bond donors (Lipinski definition) is 1. The van der Waals surface area contributed by atoms with Gasteiger partial charge < -0.3 is 14.8 Å². The summed E-state index contributed by atoms with van der Waals surface area (Å²) in [7, 11) is 0. The molecule has 1 aliphatic rings. The fourth-order valence-electron chi connectivity index (χ4n) is 4.16. The second kappa shape index (κ2) is 8.48. The minimum Gasteiger partial charge on any atom is -0.351 e. The van der Waals surface area contributed by atoms with Crippen molar-refractivity contribution in [3.63, 3.8) is 0 Å². The Morgan fingerprint density at radius 3 is 2.59 bits per heavy atom. The molecule has 2 unspecified atom stereocenters. The molecule has 0 spiro atoms. The summed E-state index contributed by atoms with van der Waals surface area (Å²) in [6.07, 6.45) is 5.77. The molecule has 160 valence electrons. The van der Waals surface area contributed by atoms with Gasteiger partial charge in [-0.3, -0.25) is 4.98 Å². The number of pyridine rings is 2. The molecule has 0 aliphatic carbocycles. The first-order valence-electron chi connectivity index (χ1n) is 10.4. The molecule has 7 heteroatoms. The third-order valence-corrected chi connectivity index (χ3v) is 6.95. The van der Waals surface area contributed by atoms with Crippen LogP contribution in [0.2, 0.25) is 0 Å². The van der Waals surface area contributed by atoms with Gasteiger partial charge in [0.1, 0.15) is 11.9 Å². The summed E-state index contributed by atoms with van der Waals surface area (Å²) in [5, 5.41) is 4.21. The highest BCUT2D eigenvalue weighted by atomic mass is 79.9. The average Bonchev–Trinajstić information content (AvgIpc) is 3.41. The van der Waals surface area contributed by atoms with Gasteiger partial charge in [0, 0.05) is 34.4 Å². The smallest absolute Gasteiger partial charge is 0.174 e. The molecule has 4 aromatic rings. The van der Waals surface area contributed by atoms with Crippen molar-refractivity contribution in [3.05, 3.63) is 106 Å². The number of aromatic nitrogens is 3. The van der Waals surface area contributed by atoms with Crippen LogP contribution in [0.1, 0.15) is 34.6 Å². The van der Waals surface area contributed by atoms with Gasteiger partial charge in [-0.25, -0.2) is 4.98 Å². The number of aryl methyl sites for hydroxylation is 2. The van der Waals surface area contributed by atoms with E-state index in [0.717, 1.165) is 38.5 Å². The molecule has 32 heavy (non-hydrogen) atoms. The van der Waals surface area contributed by atoms with Crippen molar-refractivity contribution < 1.29 is 0 Å². The van der Waals surface area contributed by atoms with Gasteiger partial charge in [0.25, 0.3) is 0 Å². The van der Waals surface area contributed by atoms with Gasteiger partial charge in [0.05, 0.1) is 11.7 Å².